The van der Waals surface area contributed by atoms with E-state index in [1.54, 1.807) is 21.3 Å². The lowest BCUT2D eigenvalue weighted by atomic mass is 10.1. The van der Waals surface area contributed by atoms with Crippen molar-refractivity contribution in [3.63, 3.8) is 0 Å². The van der Waals surface area contributed by atoms with Crippen molar-refractivity contribution >= 4 is 32.7 Å². The van der Waals surface area contributed by atoms with Gasteiger partial charge in [-0.2, -0.15) is 0 Å². The number of benzene rings is 3. The van der Waals surface area contributed by atoms with Gasteiger partial charge < -0.3 is 19.5 Å². The van der Waals surface area contributed by atoms with Crippen LogP contribution in [-0.4, -0.2) is 31.3 Å². The Kier molecular flexibility index (Phi) is 6.46. The van der Waals surface area contributed by atoms with Crippen LogP contribution in [0.3, 0.4) is 0 Å². The molecule has 1 aromatic heterocycles. The van der Waals surface area contributed by atoms with Crippen molar-refractivity contribution < 1.29 is 14.2 Å². The van der Waals surface area contributed by atoms with Crippen molar-refractivity contribution in [2.24, 2.45) is 0 Å². The van der Waals surface area contributed by atoms with Crippen LogP contribution in [0.15, 0.2) is 59.1 Å². The van der Waals surface area contributed by atoms with Crippen molar-refractivity contribution in [2.75, 3.05) is 26.6 Å². The summed E-state index contributed by atoms with van der Waals surface area (Å²) in [4.78, 5) is 9.64. The molecule has 0 fully saturated rings. The number of ether oxygens (including phenoxy) is 3. The first-order valence-electron chi connectivity index (χ1n) is 10.1. The number of aryl methyl sites for hydroxylation is 1. The van der Waals surface area contributed by atoms with E-state index in [0.29, 0.717) is 29.6 Å². The molecule has 0 unspecified atom stereocenters. The predicted octanol–water partition coefficient (Wildman–Crippen LogP) is 6.01. The maximum Gasteiger partial charge on any atom is 0.203 e. The fraction of sp³-hybridized carbons (Fsp3) is 0.200. The third kappa shape index (κ3) is 4.48. The van der Waals surface area contributed by atoms with Crippen LogP contribution >= 0.6 is 15.9 Å². The second-order valence-corrected chi connectivity index (χ2v) is 8.23. The standard InChI is InChI=1S/C25H24BrN3O3/c1-15-5-10-20-19(11-15)25(29-24(28-20)17-6-8-18(26)9-7-17)27-14-16-12-21(30-2)23(32-4)22(13-16)31-3/h5-13H,14H2,1-4H3,(H,27,28,29). The molecule has 0 amide bonds. The molecule has 6 nitrogen and oxygen atoms in total. The largest absolute Gasteiger partial charge is 0.493 e. The summed E-state index contributed by atoms with van der Waals surface area (Å²) in [6, 6.07) is 18.0. The molecule has 0 saturated carbocycles. The Bertz CT molecular complexity index is 1230. The Balaban J connectivity index is 1.73. The third-order valence-electron chi connectivity index (χ3n) is 5.14. The van der Waals surface area contributed by atoms with Gasteiger partial charge in [-0.1, -0.05) is 39.7 Å². The highest BCUT2D eigenvalue weighted by Gasteiger charge is 2.14. The maximum absolute atomic E-state index is 5.48. The molecule has 32 heavy (non-hydrogen) atoms. The molecule has 3 aromatic carbocycles. The van der Waals surface area contributed by atoms with Gasteiger partial charge in [-0.05, 0) is 48.9 Å². The topological polar surface area (TPSA) is 65.5 Å². The van der Waals surface area contributed by atoms with Gasteiger partial charge in [-0.25, -0.2) is 9.97 Å². The minimum absolute atomic E-state index is 0.524. The third-order valence-corrected chi connectivity index (χ3v) is 5.67. The lowest BCUT2D eigenvalue weighted by molar-refractivity contribution is 0.324. The number of halogens is 1. The second kappa shape index (κ2) is 9.44. The van der Waals surface area contributed by atoms with Gasteiger partial charge in [0.05, 0.1) is 26.8 Å². The van der Waals surface area contributed by atoms with Gasteiger partial charge in [0.1, 0.15) is 5.82 Å². The SMILES string of the molecule is COc1cc(CNc2nc(-c3ccc(Br)cc3)nc3ccc(C)cc23)cc(OC)c1OC. The summed E-state index contributed by atoms with van der Waals surface area (Å²) in [6.07, 6.45) is 0. The van der Waals surface area contributed by atoms with E-state index in [9.17, 15) is 0 Å². The van der Waals surface area contributed by atoms with Gasteiger partial charge in [0.15, 0.2) is 17.3 Å². The van der Waals surface area contributed by atoms with Crippen molar-refractivity contribution in [1.82, 2.24) is 9.97 Å². The average Bonchev–Trinajstić information content (AvgIpc) is 2.82. The Labute approximate surface area is 195 Å². The second-order valence-electron chi connectivity index (χ2n) is 7.31. The molecule has 0 saturated heterocycles. The number of nitrogens with one attached hydrogen (secondary N) is 1. The zero-order valence-corrected chi connectivity index (χ0v) is 20.0. The number of nitrogens with zero attached hydrogens (tertiary/aromatic N) is 2. The number of hydrogen-bond acceptors (Lipinski definition) is 6. The Morgan fingerprint density at radius 1 is 0.844 bits per heavy atom. The van der Waals surface area contributed by atoms with E-state index in [-0.39, 0.29) is 0 Å². The van der Waals surface area contributed by atoms with Crippen LogP contribution in [0.5, 0.6) is 17.2 Å². The van der Waals surface area contributed by atoms with E-state index in [1.807, 2.05) is 42.5 Å². The molecular weight excluding hydrogens is 470 g/mol. The number of methoxy groups -OCH3 is 3. The molecule has 0 aliphatic rings. The summed E-state index contributed by atoms with van der Waals surface area (Å²) in [7, 11) is 4.82. The molecule has 4 aromatic rings. The van der Waals surface area contributed by atoms with E-state index >= 15 is 0 Å². The van der Waals surface area contributed by atoms with E-state index in [1.165, 1.54) is 0 Å². The van der Waals surface area contributed by atoms with E-state index in [2.05, 4.69) is 40.3 Å². The molecular formula is C25H24BrN3O3. The predicted molar refractivity (Wildman–Crippen MR) is 131 cm³/mol. The van der Waals surface area contributed by atoms with Crippen LogP contribution in [0.2, 0.25) is 0 Å². The summed E-state index contributed by atoms with van der Waals surface area (Å²) in [6.45, 7) is 2.58. The van der Waals surface area contributed by atoms with Crippen molar-refractivity contribution in [3.05, 3.63) is 70.2 Å². The number of hydrogen-bond donors (Lipinski definition) is 1. The zero-order chi connectivity index (χ0) is 22.7. The first kappa shape index (κ1) is 21.9. The fourth-order valence-electron chi connectivity index (χ4n) is 3.53. The summed E-state index contributed by atoms with van der Waals surface area (Å²) in [5.41, 5.74) is 3.96. The van der Waals surface area contributed by atoms with Gasteiger partial charge in [0, 0.05) is 22.0 Å². The van der Waals surface area contributed by atoms with Crippen molar-refractivity contribution in [3.8, 4) is 28.6 Å². The summed E-state index contributed by atoms with van der Waals surface area (Å²) >= 11 is 3.48. The average molecular weight is 494 g/mol. The lowest BCUT2D eigenvalue weighted by Gasteiger charge is -2.15. The molecule has 0 aliphatic heterocycles. The maximum atomic E-state index is 5.48. The van der Waals surface area contributed by atoms with Gasteiger partial charge in [0.25, 0.3) is 0 Å². The highest BCUT2D eigenvalue weighted by atomic mass is 79.9. The molecule has 1 N–H and O–H groups in total. The van der Waals surface area contributed by atoms with Crippen molar-refractivity contribution in [1.29, 1.82) is 0 Å². The normalized spacial score (nSPS) is 10.8. The number of aromatic nitrogens is 2. The molecule has 0 bridgehead atoms. The first-order valence-corrected chi connectivity index (χ1v) is 10.9. The molecule has 0 spiro atoms. The van der Waals surface area contributed by atoms with E-state index < -0.39 is 0 Å². The van der Waals surface area contributed by atoms with E-state index in [0.717, 1.165) is 37.9 Å². The summed E-state index contributed by atoms with van der Waals surface area (Å²) < 4.78 is 17.4. The van der Waals surface area contributed by atoms with Gasteiger partial charge in [-0.15, -0.1) is 0 Å². The van der Waals surface area contributed by atoms with Crippen LogP contribution in [0, 0.1) is 6.92 Å². The molecule has 4 rings (SSSR count). The van der Waals surface area contributed by atoms with Crippen LogP contribution in [0.25, 0.3) is 22.3 Å². The lowest BCUT2D eigenvalue weighted by Crippen LogP contribution is -2.05. The highest BCUT2D eigenvalue weighted by Crippen LogP contribution is 2.38. The quantitative estimate of drug-likeness (QED) is 0.340. The number of anilines is 1. The zero-order valence-electron chi connectivity index (χ0n) is 18.4. The van der Waals surface area contributed by atoms with Gasteiger partial charge in [0.2, 0.25) is 5.75 Å². The highest BCUT2D eigenvalue weighted by molar-refractivity contribution is 9.10. The molecule has 7 heteroatoms. The summed E-state index contributed by atoms with van der Waals surface area (Å²) in [5, 5.41) is 4.45. The first-order chi connectivity index (χ1) is 15.5. The monoisotopic (exact) mass is 493 g/mol. The molecule has 0 radical (unpaired) electrons. The smallest absolute Gasteiger partial charge is 0.203 e. The number of fused-ring (bicyclic) bond motifs is 1. The Hall–Kier alpha value is -3.32. The Morgan fingerprint density at radius 3 is 2.16 bits per heavy atom. The molecule has 1 heterocycles. The van der Waals surface area contributed by atoms with Crippen LogP contribution in [0.1, 0.15) is 11.1 Å². The van der Waals surface area contributed by atoms with Crippen molar-refractivity contribution in [2.45, 2.75) is 13.5 Å². The van der Waals surface area contributed by atoms with Crippen LogP contribution < -0.4 is 19.5 Å². The molecule has 164 valence electrons. The minimum atomic E-state index is 0.524. The van der Waals surface area contributed by atoms with E-state index in [4.69, 9.17) is 24.2 Å². The Morgan fingerprint density at radius 2 is 1.53 bits per heavy atom. The summed E-state index contributed by atoms with van der Waals surface area (Å²) in [5.74, 6) is 3.23. The van der Waals surface area contributed by atoms with Gasteiger partial charge in [-0.3, -0.25) is 0 Å². The van der Waals surface area contributed by atoms with Crippen LogP contribution in [-0.2, 0) is 6.54 Å². The minimum Gasteiger partial charge on any atom is -0.493 e. The van der Waals surface area contributed by atoms with Gasteiger partial charge >= 0.3 is 0 Å². The molecule has 0 aliphatic carbocycles. The molecule has 0 atom stereocenters. The fourth-order valence-corrected chi connectivity index (χ4v) is 3.79. The number of rotatable bonds is 7. The van der Waals surface area contributed by atoms with Crippen LogP contribution in [0.4, 0.5) is 5.82 Å².